The first-order valence-electron chi connectivity index (χ1n) is 12.5. The predicted octanol–water partition coefficient (Wildman–Crippen LogP) is 6.49. The van der Waals surface area contributed by atoms with Crippen LogP contribution in [0.25, 0.3) is 0 Å². The molecule has 4 aromatic rings. The Morgan fingerprint density at radius 1 is 0.923 bits per heavy atom. The summed E-state index contributed by atoms with van der Waals surface area (Å²) in [5.41, 5.74) is 3.03. The van der Waals surface area contributed by atoms with Gasteiger partial charge in [0.1, 0.15) is 22.7 Å². The van der Waals surface area contributed by atoms with Crippen molar-refractivity contribution < 1.29 is 18.7 Å². The van der Waals surface area contributed by atoms with Gasteiger partial charge in [-0.3, -0.25) is 9.59 Å². The van der Waals surface area contributed by atoms with E-state index in [0.29, 0.717) is 47.2 Å². The van der Waals surface area contributed by atoms with Crippen molar-refractivity contribution in [2.24, 2.45) is 10.4 Å². The van der Waals surface area contributed by atoms with Crippen LogP contribution in [0.3, 0.4) is 0 Å². The van der Waals surface area contributed by atoms with Crippen molar-refractivity contribution in [1.82, 2.24) is 4.98 Å². The minimum atomic E-state index is -1.14. The molecular formula is C30H24FN5O3. The normalized spacial score (nSPS) is 14.2. The number of rotatable bonds is 6. The smallest absolute Gasteiger partial charge is 0.240 e. The topological polar surface area (TPSA) is 105 Å². The van der Waals surface area contributed by atoms with Crippen LogP contribution in [0.2, 0.25) is 0 Å². The first-order valence-corrected chi connectivity index (χ1v) is 12.5. The average Bonchev–Trinajstić information content (AvgIpc) is 3.75. The quantitative estimate of drug-likeness (QED) is 0.222. The highest BCUT2D eigenvalue weighted by Gasteiger charge is 2.56. The van der Waals surface area contributed by atoms with Crippen LogP contribution < -0.4 is 20.7 Å². The second-order valence-electron chi connectivity index (χ2n) is 9.55. The maximum atomic E-state index is 13.2. The minimum absolute atomic E-state index is 0.383. The lowest BCUT2D eigenvalue weighted by atomic mass is 10.0. The van der Waals surface area contributed by atoms with Crippen molar-refractivity contribution in [2.45, 2.75) is 19.8 Å². The Balaban J connectivity index is 1.15. The zero-order valence-corrected chi connectivity index (χ0v) is 21.0. The number of aromatic nitrogens is 1. The Labute approximate surface area is 224 Å². The number of hydrogen-bond acceptors (Lipinski definition) is 6. The van der Waals surface area contributed by atoms with Crippen LogP contribution in [0, 0.1) is 18.2 Å². The average molecular weight is 522 g/mol. The number of halogens is 1. The van der Waals surface area contributed by atoms with Crippen LogP contribution in [-0.2, 0) is 9.59 Å². The van der Waals surface area contributed by atoms with E-state index in [-0.39, 0.29) is 5.91 Å². The fourth-order valence-electron chi connectivity index (χ4n) is 4.36. The molecule has 6 rings (SSSR count). The number of carbonyl (C=O) groups excluding carboxylic acids is 2. The molecule has 2 heterocycles. The number of nitrogens with one attached hydrogen (secondary N) is 3. The molecule has 0 bridgehead atoms. The monoisotopic (exact) mass is 521 g/mol. The predicted molar refractivity (Wildman–Crippen MR) is 148 cm³/mol. The first-order chi connectivity index (χ1) is 18.9. The maximum absolute atomic E-state index is 13.2. The lowest BCUT2D eigenvalue weighted by Crippen LogP contribution is -2.35. The fourth-order valence-corrected chi connectivity index (χ4v) is 4.36. The molecule has 39 heavy (non-hydrogen) atoms. The summed E-state index contributed by atoms with van der Waals surface area (Å²) in [6, 6.07) is 22.0. The first kappa shape index (κ1) is 24.3. The number of carbonyl (C=O) groups is 2. The van der Waals surface area contributed by atoms with Crippen molar-refractivity contribution in [3.63, 3.8) is 0 Å². The molecule has 0 saturated heterocycles. The van der Waals surface area contributed by atoms with E-state index >= 15 is 0 Å². The van der Waals surface area contributed by atoms with Gasteiger partial charge in [-0.1, -0.05) is 18.2 Å². The Morgan fingerprint density at radius 3 is 2.23 bits per heavy atom. The minimum Gasteiger partial charge on any atom is -0.455 e. The summed E-state index contributed by atoms with van der Waals surface area (Å²) in [6.45, 7) is 1.88. The highest BCUT2D eigenvalue weighted by molar-refractivity contribution is 6.16. The zero-order chi connectivity index (χ0) is 27.0. The molecule has 2 aliphatic rings. The Morgan fingerprint density at radius 2 is 1.56 bits per heavy atom. The number of hydrogen-bond donors (Lipinski definition) is 3. The summed E-state index contributed by atoms with van der Waals surface area (Å²) in [5.74, 6) is 0.503. The van der Waals surface area contributed by atoms with Gasteiger partial charge < -0.3 is 20.7 Å². The molecule has 0 spiro atoms. The largest absolute Gasteiger partial charge is 0.455 e. The number of pyridine rings is 1. The summed E-state index contributed by atoms with van der Waals surface area (Å²) >= 11 is 0. The van der Waals surface area contributed by atoms with E-state index in [0.717, 1.165) is 16.9 Å². The highest BCUT2D eigenvalue weighted by Crippen LogP contribution is 2.47. The second-order valence-corrected chi connectivity index (χ2v) is 9.55. The van der Waals surface area contributed by atoms with Crippen LogP contribution in [0.15, 0.2) is 83.9 Å². The molecule has 8 nitrogen and oxygen atoms in total. The van der Waals surface area contributed by atoms with E-state index < -0.39 is 17.1 Å². The van der Waals surface area contributed by atoms with Gasteiger partial charge in [-0.2, -0.15) is 0 Å². The molecule has 1 aromatic heterocycles. The van der Waals surface area contributed by atoms with E-state index in [9.17, 15) is 14.0 Å². The van der Waals surface area contributed by atoms with E-state index in [1.807, 2.05) is 37.3 Å². The van der Waals surface area contributed by atoms with Crippen molar-refractivity contribution in [1.29, 1.82) is 0 Å². The Bertz CT molecular complexity index is 1610. The van der Waals surface area contributed by atoms with Crippen LogP contribution >= 0.6 is 0 Å². The zero-order valence-electron chi connectivity index (χ0n) is 21.0. The fraction of sp³-hybridized carbons (Fsp3) is 0.133. The summed E-state index contributed by atoms with van der Waals surface area (Å²) < 4.78 is 19.3. The molecular weight excluding hydrogens is 497 g/mol. The molecule has 3 N–H and O–H groups in total. The third-order valence-corrected chi connectivity index (χ3v) is 6.69. The number of benzene rings is 3. The molecule has 9 heteroatoms. The van der Waals surface area contributed by atoms with Gasteiger partial charge in [0.15, 0.2) is 11.6 Å². The Kier molecular flexibility index (Phi) is 6.03. The number of aryl methyl sites for hydroxylation is 1. The summed E-state index contributed by atoms with van der Waals surface area (Å²) in [5, 5.41) is 8.87. The second kappa shape index (κ2) is 9.68. The maximum Gasteiger partial charge on any atom is 0.240 e. The van der Waals surface area contributed by atoms with Crippen molar-refractivity contribution >= 4 is 46.6 Å². The van der Waals surface area contributed by atoms with Gasteiger partial charge in [-0.05, 0) is 74.4 Å². The van der Waals surface area contributed by atoms with Gasteiger partial charge in [0, 0.05) is 40.6 Å². The van der Waals surface area contributed by atoms with Gasteiger partial charge >= 0.3 is 0 Å². The van der Waals surface area contributed by atoms with Gasteiger partial charge in [-0.15, -0.1) is 0 Å². The number of nitrogens with zero attached hydrogens (tertiary/aromatic N) is 2. The molecule has 0 unspecified atom stereocenters. The number of fused-ring (bicyclic) bond motifs is 2. The number of aliphatic imine (C=N–C) groups is 1. The highest BCUT2D eigenvalue weighted by atomic mass is 19.1. The molecule has 2 amide bonds. The summed E-state index contributed by atoms with van der Waals surface area (Å²) in [6.07, 6.45) is 2.66. The number of para-hydroxylation sites is 1. The van der Waals surface area contributed by atoms with Gasteiger partial charge in [0.05, 0.1) is 0 Å². The molecule has 194 valence electrons. The Hall–Kier alpha value is -5.05. The number of anilines is 4. The molecule has 0 radical (unpaired) electrons. The SMILES string of the molecule is Cc1cc(Oc2ccc(NC(=O)C3(C(=O)Nc4ccc(F)cc4)CC3)cc2)c2c(n1)Nc1ccccc1C=N2. The van der Waals surface area contributed by atoms with Crippen molar-refractivity contribution in [2.75, 3.05) is 16.0 Å². The van der Waals surface area contributed by atoms with Crippen LogP contribution in [0.5, 0.6) is 11.5 Å². The van der Waals surface area contributed by atoms with E-state index in [4.69, 9.17) is 4.74 Å². The third kappa shape index (κ3) is 4.94. The molecule has 1 saturated carbocycles. The summed E-state index contributed by atoms with van der Waals surface area (Å²) in [4.78, 5) is 35.0. The third-order valence-electron chi connectivity index (χ3n) is 6.69. The van der Waals surface area contributed by atoms with Crippen molar-refractivity contribution in [3.8, 4) is 11.5 Å². The van der Waals surface area contributed by atoms with Crippen LogP contribution in [-0.4, -0.2) is 23.0 Å². The van der Waals surface area contributed by atoms with E-state index in [1.165, 1.54) is 24.3 Å². The molecule has 3 aromatic carbocycles. The van der Waals surface area contributed by atoms with Crippen LogP contribution in [0.1, 0.15) is 24.1 Å². The number of amides is 2. The van der Waals surface area contributed by atoms with E-state index in [2.05, 4.69) is 25.9 Å². The molecule has 1 fully saturated rings. The lowest BCUT2D eigenvalue weighted by Gasteiger charge is -2.16. The number of ether oxygens (including phenoxy) is 1. The summed E-state index contributed by atoms with van der Waals surface area (Å²) in [7, 11) is 0. The molecule has 1 aliphatic heterocycles. The van der Waals surface area contributed by atoms with Crippen molar-refractivity contribution in [3.05, 3.63) is 95.9 Å². The molecule has 0 atom stereocenters. The standard InChI is InChI=1S/C30H24FN5O3/c1-18-16-25(26-27(33-18)36-24-5-3-2-4-19(24)17-32-26)39-23-12-10-22(11-13-23)35-29(38)30(14-15-30)28(37)34-21-8-6-20(31)7-9-21/h2-13,16-17H,14-15H2,1H3,(H,33,36)(H,34,37)(H,35,38). The van der Waals surface area contributed by atoms with Crippen LogP contribution in [0.4, 0.5) is 33.0 Å². The van der Waals surface area contributed by atoms with Gasteiger partial charge in [-0.25, -0.2) is 14.4 Å². The molecule has 1 aliphatic carbocycles. The van der Waals surface area contributed by atoms with Gasteiger partial charge in [0.2, 0.25) is 11.8 Å². The van der Waals surface area contributed by atoms with Gasteiger partial charge in [0.25, 0.3) is 0 Å². The van der Waals surface area contributed by atoms with E-state index in [1.54, 1.807) is 30.5 Å². The lowest BCUT2D eigenvalue weighted by molar-refractivity contribution is -0.131.